The molecule has 2 aliphatic heterocycles. The average molecular weight is 415 g/mol. The van der Waals surface area contributed by atoms with Crippen LogP contribution in [0.5, 0.6) is 5.75 Å². The van der Waals surface area contributed by atoms with E-state index in [4.69, 9.17) is 21.1 Å². The van der Waals surface area contributed by atoms with E-state index in [0.29, 0.717) is 43.6 Å². The number of morpholine rings is 1. The van der Waals surface area contributed by atoms with Crippen LogP contribution in [-0.2, 0) is 14.3 Å². The molecular formula is C22H23ClN2O4. The number of para-hydroxylation sites is 2. The summed E-state index contributed by atoms with van der Waals surface area (Å²) < 4.78 is 11.4. The lowest BCUT2D eigenvalue weighted by Gasteiger charge is -2.33. The molecule has 2 heterocycles. The number of ether oxygens (including phenoxy) is 2. The van der Waals surface area contributed by atoms with E-state index in [0.717, 1.165) is 11.3 Å². The number of carbonyl (C=O) groups is 2. The van der Waals surface area contributed by atoms with Crippen LogP contribution in [0.25, 0.3) is 0 Å². The van der Waals surface area contributed by atoms with Gasteiger partial charge in [-0.1, -0.05) is 35.9 Å². The van der Waals surface area contributed by atoms with Gasteiger partial charge in [-0.25, -0.2) is 0 Å². The molecule has 2 aromatic carbocycles. The summed E-state index contributed by atoms with van der Waals surface area (Å²) in [6.07, 6.45) is 0.189. The Labute approximate surface area is 174 Å². The van der Waals surface area contributed by atoms with Crippen molar-refractivity contribution in [2.75, 3.05) is 37.7 Å². The van der Waals surface area contributed by atoms with Gasteiger partial charge in [0.2, 0.25) is 11.8 Å². The summed E-state index contributed by atoms with van der Waals surface area (Å²) in [6, 6.07) is 15.0. The molecule has 0 aliphatic carbocycles. The van der Waals surface area contributed by atoms with Crippen LogP contribution in [0.3, 0.4) is 0 Å². The number of halogens is 1. The van der Waals surface area contributed by atoms with E-state index in [9.17, 15) is 9.59 Å². The second kappa shape index (κ2) is 8.84. The summed E-state index contributed by atoms with van der Waals surface area (Å²) in [5.74, 6) is 0.621. The third-order valence-electron chi connectivity index (χ3n) is 5.24. The van der Waals surface area contributed by atoms with Crippen molar-refractivity contribution >= 4 is 29.1 Å². The van der Waals surface area contributed by atoms with Crippen molar-refractivity contribution in [3.63, 3.8) is 0 Å². The molecule has 2 aromatic rings. The number of hydrogen-bond donors (Lipinski definition) is 0. The Balaban J connectivity index is 1.34. The summed E-state index contributed by atoms with van der Waals surface area (Å²) in [5.41, 5.74) is 1.76. The second-order valence-electron chi connectivity index (χ2n) is 7.11. The molecule has 2 amide bonds. The average Bonchev–Trinajstić information content (AvgIpc) is 2.77. The van der Waals surface area contributed by atoms with Gasteiger partial charge >= 0.3 is 0 Å². The molecule has 29 heavy (non-hydrogen) atoms. The highest BCUT2D eigenvalue weighted by atomic mass is 35.5. The van der Waals surface area contributed by atoms with Crippen LogP contribution in [0.15, 0.2) is 48.5 Å². The lowest BCUT2D eigenvalue weighted by Crippen LogP contribution is -2.43. The molecule has 152 valence electrons. The zero-order valence-electron chi connectivity index (χ0n) is 16.1. The topological polar surface area (TPSA) is 59.1 Å². The van der Waals surface area contributed by atoms with Gasteiger partial charge in [-0.15, -0.1) is 0 Å². The molecule has 0 radical (unpaired) electrons. The van der Waals surface area contributed by atoms with Crippen LogP contribution in [0.2, 0.25) is 5.02 Å². The monoisotopic (exact) mass is 414 g/mol. The Bertz CT molecular complexity index is 887. The van der Waals surface area contributed by atoms with E-state index in [-0.39, 0.29) is 30.8 Å². The zero-order valence-corrected chi connectivity index (χ0v) is 16.8. The van der Waals surface area contributed by atoms with E-state index in [1.54, 1.807) is 9.80 Å². The van der Waals surface area contributed by atoms with Crippen molar-refractivity contribution in [3.05, 3.63) is 59.1 Å². The Morgan fingerprint density at radius 2 is 1.72 bits per heavy atom. The van der Waals surface area contributed by atoms with Crippen LogP contribution < -0.4 is 9.64 Å². The first-order valence-corrected chi connectivity index (χ1v) is 10.2. The number of hydrogen-bond acceptors (Lipinski definition) is 4. The Hall–Kier alpha value is -2.57. The number of amides is 2. The number of anilines is 1. The normalized spacial score (nSPS) is 18.7. The van der Waals surface area contributed by atoms with Crippen LogP contribution in [0.4, 0.5) is 5.69 Å². The zero-order chi connectivity index (χ0) is 20.2. The molecule has 0 bridgehead atoms. The summed E-state index contributed by atoms with van der Waals surface area (Å²) in [4.78, 5) is 28.9. The van der Waals surface area contributed by atoms with E-state index in [2.05, 4.69) is 0 Å². The summed E-state index contributed by atoms with van der Waals surface area (Å²) >= 11 is 5.95. The van der Waals surface area contributed by atoms with E-state index >= 15 is 0 Å². The molecule has 0 aromatic heterocycles. The largest absolute Gasteiger partial charge is 0.490 e. The third-order valence-corrected chi connectivity index (χ3v) is 5.50. The van der Waals surface area contributed by atoms with E-state index < -0.39 is 0 Å². The van der Waals surface area contributed by atoms with Gasteiger partial charge < -0.3 is 19.3 Å². The van der Waals surface area contributed by atoms with Crippen molar-refractivity contribution in [2.45, 2.75) is 18.9 Å². The third kappa shape index (κ3) is 4.54. The fourth-order valence-corrected chi connectivity index (χ4v) is 3.82. The van der Waals surface area contributed by atoms with Gasteiger partial charge in [0, 0.05) is 24.4 Å². The second-order valence-corrected chi connectivity index (χ2v) is 7.55. The highest BCUT2D eigenvalue weighted by molar-refractivity contribution is 6.30. The molecule has 1 fully saturated rings. The highest BCUT2D eigenvalue weighted by Crippen LogP contribution is 2.31. The number of rotatable bonds is 4. The first-order valence-electron chi connectivity index (χ1n) is 9.79. The maximum absolute atomic E-state index is 12.7. The molecule has 2 aliphatic rings. The standard InChI is InChI=1S/C22H23ClN2O4/c23-17-7-5-16(6-8-17)20-15-24(11-13-29-20)21(26)9-10-22(27)25-12-14-28-19-4-2-1-3-18(19)25/h1-8,20H,9-15H2. The van der Waals surface area contributed by atoms with E-state index in [1.807, 2.05) is 48.5 Å². The van der Waals surface area contributed by atoms with Crippen LogP contribution in [0, 0.1) is 0 Å². The molecule has 7 heteroatoms. The maximum Gasteiger partial charge on any atom is 0.227 e. The number of nitrogens with zero attached hydrogens (tertiary/aromatic N) is 2. The first kappa shape index (κ1) is 19.7. The van der Waals surface area contributed by atoms with Crippen LogP contribution in [-0.4, -0.2) is 49.6 Å². The van der Waals surface area contributed by atoms with Crippen molar-refractivity contribution in [2.24, 2.45) is 0 Å². The molecular weight excluding hydrogens is 392 g/mol. The number of carbonyl (C=O) groups excluding carboxylic acids is 2. The minimum atomic E-state index is -0.174. The predicted octanol–water partition coefficient (Wildman–Crippen LogP) is 3.45. The summed E-state index contributed by atoms with van der Waals surface area (Å²) in [7, 11) is 0. The Kier molecular flexibility index (Phi) is 6.02. The Morgan fingerprint density at radius 1 is 0.966 bits per heavy atom. The van der Waals surface area contributed by atoms with Gasteiger partial charge in [0.1, 0.15) is 18.5 Å². The molecule has 4 rings (SSSR count). The van der Waals surface area contributed by atoms with Gasteiger partial charge in [-0.05, 0) is 29.8 Å². The molecule has 1 saturated heterocycles. The first-order chi connectivity index (χ1) is 14.1. The van der Waals surface area contributed by atoms with Gasteiger partial charge in [-0.2, -0.15) is 0 Å². The maximum atomic E-state index is 12.7. The molecule has 6 nitrogen and oxygen atoms in total. The quantitative estimate of drug-likeness (QED) is 0.768. The Morgan fingerprint density at radius 3 is 2.55 bits per heavy atom. The smallest absolute Gasteiger partial charge is 0.227 e. The van der Waals surface area contributed by atoms with Gasteiger partial charge in [0.05, 0.1) is 25.4 Å². The predicted molar refractivity (Wildman–Crippen MR) is 110 cm³/mol. The number of benzene rings is 2. The SMILES string of the molecule is O=C(CCC(=O)N1CCOc2ccccc21)N1CCOC(c2ccc(Cl)cc2)C1. The van der Waals surface area contributed by atoms with Crippen molar-refractivity contribution < 1.29 is 19.1 Å². The minimum absolute atomic E-state index is 0.0258. The molecule has 0 saturated carbocycles. The van der Waals surface area contributed by atoms with Gasteiger partial charge in [-0.3, -0.25) is 9.59 Å². The van der Waals surface area contributed by atoms with E-state index in [1.165, 1.54) is 0 Å². The molecule has 0 spiro atoms. The van der Waals surface area contributed by atoms with Gasteiger partial charge in [0.15, 0.2) is 0 Å². The lowest BCUT2D eigenvalue weighted by atomic mass is 10.1. The fraction of sp³-hybridized carbons (Fsp3) is 0.364. The van der Waals surface area contributed by atoms with Crippen molar-refractivity contribution in [3.8, 4) is 5.75 Å². The minimum Gasteiger partial charge on any atom is -0.490 e. The molecule has 1 unspecified atom stereocenters. The molecule has 1 atom stereocenters. The van der Waals surface area contributed by atoms with Crippen molar-refractivity contribution in [1.29, 1.82) is 0 Å². The summed E-state index contributed by atoms with van der Waals surface area (Å²) in [5, 5.41) is 0.667. The fourth-order valence-electron chi connectivity index (χ4n) is 3.69. The van der Waals surface area contributed by atoms with Crippen LogP contribution >= 0.6 is 11.6 Å². The van der Waals surface area contributed by atoms with Gasteiger partial charge in [0.25, 0.3) is 0 Å². The lowest BCUT2D eigenvalue weighted by molar-refractivity contribution is -0.140. The highest BCUT2D eigenvalue weighted by Gasteiger charge is 2.27. The summed E-state index contributed by atoms with van der Waals surface area (Å²) in [6.45, 7) is 2.46. The number of fused-ring (bicyclic) bond motifs is 1. The van der Waals surface area contributed by atoms with Crippen LogP contribution in [0.1, 0.15) is 24.5 Å². The molecule has 0 N–H and O–H groups in total. The van der Waals surface area contributed by atoms with Crippen molar-refractivity contribution in [1.82, 2.24) is 4.90 Å².